The van der Waals surface area contributed by atoms with Crippen LogP contribution in [0.2, 0.25) is 0 Å². The van der Waals surface area contributed by atoms with Crippen LogP contribution in [0.5, 0.6) is 0 Å². The van der Waals surface area contributed by atoms with Gasteiger partial charge in [0.2, 0.25) is 0 Å². The molecule has 0 aliphatic carbocycles. The van der Waals surface area contributed by atoms with Crippen molar-refractivity contribution in [2.45, 2.75) is 25.4 Å². The molecule has 1 amide bonds. The van der Waals surface area contributed by atoms with Crippen molar-refractivity contribution in [2.24, 2.45) is 5.92 Å². The summed E-state index contributed by atoms with van der Waals surface area (Å²) < 4.78 is 51.0. The Morgan fingerprint density at radius 1 is 1.30 bits per heavy atom. The van der Waals surface area contributed by atoms with Crippen molar-refractivity contribution in [1.29, 1.82) is 0 Å². The molecule has 1 heterocycles. The minimum Gasteiger partial charge on any atom is -0.352 e. The number of alkyl halides is 3. The lowest BCUT2D eigenvalue weighted by Crippen LogP contribution is -2.33. The van der Waals surface area contributed by atoms with Gasteiger partial charge in [0.25, 0.3) is 5.91 Å². The second kappa shape index (κ2) is 8.49. The number of piperidine rings is 1. The first-order valence-electron chi connectivity index (χ1n) is 7.23. The van der Waals surface area contributed by atoms with Crippen molar-refractivity contribution >= 4 is 18.3 Å². The lowest BCUT2D eigenvalue weighted by atomic mass is 9.96. The first-order valence-corrected chi connectivity index (χ1v) is 7.23. The van der Waals surface area contributed by atoms with Crippen molar-refractivity contribution in [3.8, 4) is 0 Å². The Morgan fingerprint density at radius 3 is 2.65 bits per heavy atom. The van der Waals surface area contributed by atoms with Crippen molar-refractivity contribution in [3.05, 3.63) is 35.1 Å². The molecule has 3 nitrogen and oxygen atoms in total. The molecule has 0 saturated carbocycles. The zero-order valence-corrected chi connectivity index (χ0v) is 13.2. The van der Waals surface area contributed by atoms with E-state index in [1.807, 2.05) is 0 Å². The Labute approximate surface area is 138 Å². The summed E-state index contributed by atoms with van der Waals surface area (Å²) in [5.74, 6) is -1.31. The summed E-state index contributed by atoms with van der Waals surface area (Å²) in [5.41, 5.74) is -1.47. The lowest BCUT2D eigenvalue weighted by Gasteiger charge is -2.22. The molecule has 1 aromatic rings. The summed E-state index contributed by atoms with van der Waals surface area (Å²) in [4.78, 5) is 11.9. The highest BCUT2D eigenvalue weighted by Gasteiger charge is 2.32. The second-order valence-corrected chi connectivity index (χ2v) is 5.48. The molecule has 8 heteroatoms. The van der Waals surface area contributed by atoms with Gasteiger partial charge in [-0.1, -0.05) is 0 Å². The standard InChI is InChI=1S/C15H18F4N2O.ClH/c16-13-7-11(6-12(8-13)15(17,18)19)14(22)21-5-3-10-2-1-4-20-9-10;/h6-8,10,20H,1-5,9H2,(H,21,22);1H. The van der Waals surface area contributed by atoms with Crippen LogP contribution >= 0.6 is 12.4 Å². The predicted octanol–water partition coefficient (Wildman–Crippen LogP) is 3.39. The quantitative estimate of drug-likeness (QED) is 0.814. The molecule has 1 aliphatic heterocycles. The number of carbonyl (C=O) groups is 1. The average Bonchev–Trinajstić information content (AvgIpc) is 2.46. The van der Waals surface area contributed by atoms with Crippen LogP contribution in [-0.4, -0.2) is 25.5 Å². The highest BCUT2D eigenvalue weighted by atomic mass is 35.5. The van der Waals surface area contributed by atoms with Crippen LogP contribution in [0.1, 0.15) is 35.2 Å². The SMILES string of the molecule is Cl.O=C(NCCC1CCCNC1)c1cc(F)cc(C(F)(F)F)c1. The van der Waals surface area contributed by atoms with Gasteiger partial charge in [0.15, 0.2) is 0 Å². The Balaban J connectivity index is 0.00000264. The maximum absolute atomic E-state index is 13.2. The fourth-order valence-corrected chi connectivity index (χ4v) is 2.55. The average molecular weight is 355 g/mol. The van der Waals surface area contributed by atoms with Crippen LogP contribution < -0.4 is 10.6 Å². The topological polar surface area (TPSA) is 41.1 Å². The molecule has 0 spiro atoms. The lowest BCUT2D eigenvalue weighted by molar-refractivity contribution is -0.137. The van der Waals surface area contributed by atoms with E-state index < -0.39 is 23.5 Å². The van der Waals surface area contributed by atoms with E-state index in [-0.39, 0.29) is 18.0 Å². The maximum atomic E-state index is 13.2. The first-order chi connectivity index (χ1) is 10.4. The van der Waals surface area contributed by atoms with Gasteiger partial charge < -0.3 is 10.6 Å². The smallest absolute Gasteiger partial charge is 0.352 e. The van der Waals surface area contributed by atoms with Gasteiger partial charge in [-0.05, 0) is 56.5 Å². The number of carbonyl (C=O) groups excluding carboxylic acids is 1. The summed E-state index contributed by atoms with van der Waals surface area (Å²) in [6, 6.07) is 1.86. The van der Waals surface area contributed by atoms with Crippen molar-refractivity contribution in [3.63, 3.8) is 0 Å². The molecule has 1 unspecified atom stereocenters. The third kappa shape index (κ3) is 5.99. The minimum atomic E-state index is -4.68. The van der Waals surface area contributed by atoms with Gasteiger partial charge >= 0.3 is 6.18 Å². The molecule has 1 aromatic carbocycles. The van der Waals surface area contributed by atoms with Crippen molar-refractivity contribution in [2.75, 3.05) is 19.6 Å². The Bertz CT molecular complexity index is 531. The molecular weight excluding hydrogens is 336 g/mol. The number of nitrogens with one attached hydrogen (secondary N) is 2. The fraction of sp³-hybridized carbons (Fsp3) is 0.533. The molecule has 2 N–H and O–H groups in total. The molecule has 1 saturated heterocycles. The van der Waals surface area contributed by atoms with E-state index in [1.165, 1.54) is 0 Å². The third-order valence-electron chi connectivity index (χ3n) is 3.72. The zero-order chi connectivity index (χ0) is 16.2. The van der Waals surface area contributed by atoms with Crippen molar-refractivity contribution < 1.29 is 22.4 Å². The summed E-state index contributed by atoms with van der Waals surface area (Å²) in [6.45, 7) is 2.24. The van der Waals surface area contributed by atoms with Gasteiger partial charge in [0.1, 0.15) is 5.82 Å². The molecule has 130 valence electrons. The molecular formula is C15H19ClF4N2O. The van der Waals surface area contributed by atoms with Gasteiger partial charge in [-0.15, -0.1) is 12.4 Å². The Morgan fingerprint density at radius 2 is 2.04 bits per heavy atom. The molecule has 1 fully saturated rings. The predicted molar refractivity (Wildman–Crippen MR) is 81.2 cm³/mol. The van der Waals surface area contributed by atoms with Crippen LogP contribution in [0.25, 0.3) is 0 Å². The third-order valence-corrected chi connectivity index (χ3v) is 3.72. The highest BCUT2D eigenvalue weighted by molar-refractivity contribution is 5.94. The van der Waals surface area contributed by atoms with E-state index in [0.717, 1.165) is 38.4 Å². The Hall–Kier alpha value is -1.34. The highest BCUT2D eigenvalue weighted by Crippen LogP contribution is 2.30. The zero-order valence-electron chi connectivity index (χ0n) is 12.4. The van der Waals surface area contributed by atoms with Crippen LogP contribution in [0.15, 0.2) is 18.2 Å². The van der Waals surface area contributed by atoms with Gasteiger partial charge in [0.05, 0.1) is 5.56 Å². The minimum absolute atomic E-state index is 0. The maximum Gasteiger partial charge on any atom is 0.416 e. The molecule has 0 aromatic heterocycles. The summed E-state index contributed by atoms with van der Waals surface area (Å²) in [6.07, 6.45) is -1.77. The van der Waals surface area contributed by atoms with Crippen molar-refractivity contribution in [1.82, 2.24) is 10.6 Å². The summed E-state index contributed by atoms with van der Waals surface area (Å²) in [7, 11) is 0. The normalized spacial score (nSPS) is 18.2. The van der Waals surface area contributed by atoms with Crippen LogP contribution in [0, 0.1) is 11.7 Å². The van der Waals surface area contributed by atoms with Gasteiger partial charge in [0, 0.05) is 12.1 Å². The number of amides is 1. The van der Waals surface area contributed by atoms with Gasteiger partial charge in [-0.2, -0.15) is 13.2 Å². The monoisotopic (exact) mass is 354 g/mol. The largest absolute Gasteiger partial charge is 0.416 e. The van der Waals surface area contributed by atoms with Gasteiger partial charge in [-0.3, -0.25) is 4.79 Å². The molecule has 0 bridgehead atoms. The van der Waals surface area contributed by atoms with E-state index in [9.17, 15) is 22.4 Å². The number of hydrogen-bond acceptors (Lipinski definition) is 2. The van der Waals surface area contributed by atoms with Gasteiger partial charge in [-0.25, -0.2) is 4.39 Å². The number of halogens is 5. The molecule has 1 atom stereocenters. The van der Waals surface area contributed by atoms with Crippen LogP contribution in [0.4, 0.5) is 17.6 Å². The fourth-order valence-electron chi connectivity index (χ4n) is 2.55. The van der Waals surface area contributed by atoms with E-state index >= 15 is 0 Å². The number of benzene rings is 1. The second-order valence-electron chi connectivity index (χ2n) is 5.48. The van der Waals surface area contributed by atoms with E-state index in [0.29, 0.717) is 24.6 Å². The first kappa shape index (κ1) is 19.7. The number of rotatable bonds is 4. The molecule has 1 aliphatic rings. The van der Waals surface area contributed by atoms with Crippen LogP contribution in [-0.2, 0) is 6.18 Å². The van der Waals surface area contributed by atoms with E-state index in [2.05, 4.69) is 10.6 Å². The van der Waals surface area contributed by atoms with E-state index in [4.69, 9.17) is 0 Å². The molecule has 0 radical (unpaired) electrons. The summed E-state index contributed by atoms with van der Waals surface area (Å²) in [5, 5.41) is 5.80. The Kier molecular flexibility index (Phi) is 7.28. The van der Waals surface area contributed by atoms with E-state index in [1.54, 1.807) is 0 Å². The molecule has 2 rings (SSSR count). The van der Waals surface area contributed by atoms with Crippen LogP contribution in [0.3, 0.4) is 0 Å². The molecule has 23 heavy (non-hydrogen) atoms. The number of hydrogen-bond donors (Lipinski definition) is 2. The summed E-state index contributed by atoms with van der Waals surface area (Å²) >= 11 is 0.